The summed E-state index contributed by atoms with van der Waals surface area (Å²) in [6.07, 6.45) is 0.866. The molecule has 0 aromatic heterocycles. The first-order chi connectivity index (χ1) is 10.1. The van der Waals surface area contributed by atoms with Gasteiger partial charge in [0.25, 0.3) is 0 Å². The van der Waals surface area contributed by atoms with Gasteiger partial charge in [-0.2, -0.15) is 0 Å². The molecule has 0 unspecified atom stereocenters. The first kappa shape index (κ1) is 15.5. The lowest BCUT2D eigenvalue weighted by molar-refractivity contribution is 0.101. The fourth-order valence-electron chi connectivity index (χ4n) is 1.87. The third-order valence-electron chi connectivity index (χ3n) is 3.08. The molecule has 2 aromatic rings. The molecule has 0 spiro atoms. The zero-order chi connectivity index (χ0) is 15.2. The van der Waals surface area contributed by atoms with Gasteiger partial charge in [0.2, 0.25) is 0 Å². The smallest absolute Gasteiger partial charge is 0.159 e. The Morgan fingerprint density at radius 3 is 2.43 bits per heavy atom. The number of hydrogen-bond acceptors (Lipinski definition) is 3. The summed E-state index contributed by atoms with van der Waals surface area (Å²) in [5.41, 5.74) is 1.75. The maximum absolute atomic E-state index is 11.3. The van der Waals surface area contributed by atoms with Crippen molar-refractivity contribution in [1.29, 1.82) is 0 Å². The molecular weight excluding hydrogens is 288 g/mol. The van der Waals surface area contributed by atoms with E-state index in [1.165, 1.54) is 12.5 Å². The molecule has 0 N–H and O–H groups in total. The number of benzene rings is 2. The molecule has 0 fully saturated rings. The minimum absolute atomic E-state index is 0.0223. The van der Waals surface area contributed by atoms with E-state index in [4.69, 9.17) is 21.1 Å². The molecule has 0 aliphatic rings. The van der Waals surface area contributed by atoms with Gasteiger partial charge in [0.05, 0.1) is 11.6 Å². The Morgan fingerprint density at radius 2 is 1.86 bits per heavy atom. The lowest BCUT2D eigenvalue weighted by Crippen LogP contribution is -1.95. The van der Waals surface area contributed by atoms with Crippen molar-refractivity contribution in [3.05, 3.63) is 58.6 Å². The van der Waals surface area contributed by atoms with Gasteiger partial charge in [0.1, 0.15) is 11.5 Å². The van der Waals surface area contributed by atoms with Crippen molar-refractivity contribution in [3.8, 4) is 11.5 Å². The SMILES string of the molecule is COCCc1ccc(Oc2ccc(C(C)=O)cc2Cl)cc1. The first-order valence-electron chi connectivity index (χ1n) is 6.66. The van der Waals surface area contributed by atoms with Crippen LogP contribution < -0.4 is 4.74 Å². The number of ether oxygens (including phenoxy) is 2. The Hall–Kier alpha value is -1.84. The monoisotopic (exact) mass is 304 g/mol. The van der Waals surface area contributed by atoms with Crippen LogP contribution in [-0.2, 0) is 11.2 Å². The van der Waals surface area contributed by atoms with Crippen LogP contribution in [0.2, 0.25) is 5.02 Å². The van der Waals surface area contributed by atoms with Gasteiger partial charge >= 0.3 is 0 Å². The van der Waals surface area contributed by atoms with Crippen molar-refractivity contribution >= 4 is 17.4 Å². The molecule has 0 heterocycles. The van der Waals surface area contributed by atoms with Gasteiger partial charge in [-0.05, 0) is 49.2 Å². The summed E-state index contributed by atoms with van der Waals surface area (Å²) in [5, 5.41) is 0.422. The average Bonchev–Trinajstić information content (AvgIpc) is 2.48. The highest BCUT2D eigenvalue weighted by atomic mass is 35.5. The molecule has 0 atom stereocenters. The van der Waals surface area contributed by atoms with E-state index in [0.717, 1.165) is 6.42 Å². The molecule has 0 aliphatic carbocycles. The highest BCUT2D eigenvalue weighted by molar-refractivity contribution is 6.32. The number of methoxy groups -OCH3 is 1. The zero-order valence-corrected chi connectivity index (χ0v) is 12.8. The highest BCUT2D eigenvalue weighted by Gasteiger charge is 2.07. The number of carbonyl (C=O) groups excluding carboxylic acids is 1. The molecule has 0 saturated carbocycles. The molecule has 2 aromatic carbocycles. The third kappa shape index (κ3) is 4.31. The maximum atomic E-state index is 11.3. The fraction of sp³-hybridized carbons (Fsp3) is 0.235. The first-order valence-corrected chi connectivity index (χ1v) is 7.04. The maximum Gasteiger partial charge on any atom is 0.159 e. The fourth-order valence-corrected chi connectivity index (χ4v) is 2.09. The van der Waals surface area contributed by atoms with Gasteiger partial charge < -0.3 is 9.47 Å². The summed E-state index contributed by atoms with van der Waals surface area (Å²) in [5.74, 6) is 1.21. The Labute approximate surface area is 129 Å². The standard InChI is InChI=1S/C17H17ClO3/c1-12(19)14-5-8-17(16(18)11-14)21-15-6-3-13(4-7-15)9-10-20-2/h3-8,11H,9-10H2,1-2H3. The highest BCUT2D eigenvalue weighted by Crippen LogP contribution is 2.30. The lowest BCUT2D eigenvalue weighted by Gasteiger charge is -2.09. The van der Waals surface area contributed by atoms with E-state index >= 15 is 0 Å². The van der Waals surface area contributed by atoms with Gasteiger partial charge in [-0.15, -0.1) is 0 Å². The Bertz CT molecular complexity index is 620. The van der Waals surface area contributed by atoms with E-state index < -0.39 is 0 Å². The van der Waals surface area contributed by atoms with Crippen molar-refractivity contribution in [2.75, 3.05) is 13.7 Å². The van der Waals surface area contributed by atoms with E-state index in [1.807, 2.05) is 24.3 Å². The number of Topliss-reactive ketones (excluding diaryl/α,β-unsaturated/α-hetero) is 1. The summed E-state index contributed by atoms with van der Waals surface area (Å²) < 4.78 is 10.8. The Balaban J connectivity index is 2.09. The number of rotatable bonds is 6. The zero-order valence-electron chi connectivity index (χ0n) is 12.1. The third-order valence-corrected chi connectivity index (χ3v) is 3.38. The molecule has 0 amide bonds. The molecular formula is C17H17ClO3. The average molecular weight is 305 g/mol. The summed E-state index contributed by atoms with van der Waals surface area (Å²) in [6, 6.07) is 12.8. The molecule has 0 bridgehead atoms. The Morgan fingerprint density at radius 1 is 1.14 bits per heavy atom. The van der Waals surface area contributed by atoms with Crippen LogP contribution in [0.15, 0.2) is 42.5 Å². The molecule has 3 nitrogen and oxygen atoms in total. The molecule has 21 heavy (non-hydrogen) atoms. The van der Waals surface area contributed by atoms with Crippen LogP contribution in [0.25, 0.3) is 0 Å². The second-order valence-corrected chi connectivity index (χ2v) is 5.10. The van der Waals surface area contributed by atoms with Crippen LogP contribution in [0.3, 0.4) is 0 Å². The molecule has 0 aliphatic heterocycles. The predicted octanol–water partition coefficient (Wildman–Crippen LogP) is 4.52. The van der Waals surface area contributed by atoms with E-state index in [1.54, 1.807) is 25.3 Å². The molecule has 110 valence electrons. The van der Waals surface area contributed by atoms with Crippen molar-refractivity contribution < 1.29 is 14.3 Å². The molecule has 0 radical (unpaired) electrons. The molecule has 4 heteroatoms. The quantitative estimate of drug-likeness (QED) is 0.736. The number of hydrogen-bond donors (Lipinski definition) is 0. The van der Waals surface area contributed by atoms with Gasteiger partial charge in [0.15, 0.2) is 5.78 Å². The van der Waals surface area contributed by atoms with Crippen molar-refractivity contribution in [1.82, 2.24) is 0 Å². The van der Waals surface area contributed by atoms with Crippen molar-refractivity contribution in [3.63, 3.8) is 0 Å². The minimum Gasteiger partial charge on any atom is -0.456 e. The van der Waals surface area contributed by atoms with Crippen LogP contribution in [0, 0.1) is 0 Å². The summed E-state index contributed by atoms with van der Waals surface area (Å²) in [4.78, 5) is 11.3. The number of halogens is 1. The van der Waals surface area contributed by atoms with Crippen LogP contribution in [0.4, 0.5) is 0 Å². The second kappa shape index (κ2) is 7.25. The summed E-state index contributed by atoms with van der Waals surface area (Å²) in [7, 11) is 1.68. The van der Waals surface area contributed by atoms with Crippen molar-refractivity contribution in [2.45, 2.75) is 13.3 Å². The summed E-state index contributed by atoms with van der Waals surface area (Å²) >= 11 is 6.13. The van der Waals surface area contributed by atoms with Gasteiger partial charge in [0, 0.05) is 12.7 Å². The van der Waals surface area contributed by atoms with Gasteiger partial charge in [-0.1, -0.05) is 23.7 Å². The van der Waals surface area contributed by atoms with Crippen LogP contribution in [-0.4, -0.2) is 19.5 Å². The van der Waals surface area contributed by atoms with Crippen LogP contribution >= 0.6 is 11.6 Å². The predicted molar refractivity (Wildman–Crippen MR) is 83.6 cm³/mol. The normalized spacial score (nSPS) is 10.4. The van der Waals surface area contributed by atoms with Crippen LogP contribution in [0.5, 0.6) is 11.5 Å². The van der Waals surface area contributed by atoms with Crippen LogP contribution in [0.1, 0.15) is 22.8 Å². The largest absolute Gasteiger partial charge is 0.456 e. The van der Waals surface area contributed by atoms with Crippen molar-refractivity contribution in [2.24, 2.45) is 0 Å². The van der Waals surface area contributed by atoms with E-state index in [2.05, 4.69) is 0 Å². The Kier molecular flexibility index (Phi) is 5.37. The van der Waals surface area contributed by atoms with E-state index in [9.17, 15) is 4.79 Å². The van der Waals surface area contributed by atoms with Gasteiger partial charge in [-0.3, -0.25) is 4.79 Å². The lowest BCUT2D eigenvalue weighted by atomic mass is 10.1. The number of ketones is 1. The second-order valence-electron chi connectivity index (χ2n) is 4.69. The number of carbonyl (C=O) groups is 1. The molecule has 0 saturated heterocycles. The molecule has 2 rings (SSSR count). The van der Waals surface area contributed by atoms with E-state index in [-0.39, 0.29) is 5.78 Å². The van der Waals surface area contributed by atoms with E-state index in [0.29, 0.717) is 28.7 Å². The van der Waals surface area contributed by atoms with Gasteiger partial charge in [-0.25, -0.2) is 0 Å². The minimum atomic E-state index is -0.0223. The summed E-state index contributed by atoms with van der Waals surface area (Å²) in [6.45, 7) is 2.20. The topological polar surface area (TPSA) is 35.5 Å².